The van der Waals surface area contributed by atoms with E-state index in [1.54, 1.807) is 38.1 Å². The summed E-state index contributed by atoms with van der Waals surface area (Å²) in [6, 6.07) is 6.41. The molecule has 0 aliphatic rings. The Bertz CT molecular complexity index is 1050. The predicted octanol–water partition coefficient (Wildman–Crippen LogP) is 1.82. The molecule has 150 valence electrons. The molecule has 0 saturated carbocycles. The second-order valence-corrected chi connectivity index (χ2v) is 6.33. The van der Waals surface area contributed by atoms with E-state index in [4.69, 9.17) is 9.47 Å². The summed E-state index contributed by atoms with van der Waals surface area (Å²) in [5, 5.41) is 10.9. The van der Waals surface area contributed by atoms with Gasteiger partial charge in [-0.05, 0) is 61.0 Å². The number of nitrogens with zero attached hydrogens (tertiary/aromatic N) is 4. The van der Waals surface area contributed by atoms with Crippen LogP contribution < -0.4 is 0 Å². The van der Waals surface area contributed by atoms with Crippen LogP contribution in [-0.4, -0.2) is 56.1 Å². The maximum absolute atomic E-state index is 12.7. The van der Waals surface area contributed by atoms with Crippen molar-refractivity contribution >= 4 is 17.7 Å². The Kier molecular flexibility index (Phi) is 5.53. The van der Waals surface area contributed by atoms with Crippen LogP contribution >= 0.6 is 0 Å². The number of carbonyl (C=O) groups excluding carboxylic acids is 3. The smallest absolute Gasteiger partial charge is 0.339 e. The van der Waals surface area contributed by atoms with Crippen molar-refractivity contribution in [2.24, 2.45) is 0 Å². The molecule has 0 unspecified atom stereocenters. The van der Waals surface area contributed by atoms with Gasteiger partial charge in [0.25, 0.3) is 0 Å². The lowest BCUT2D eigenvalue weighted by Crippen LogP contribution is -2.25. The minimum Gasteiger partial charge on any atom is -0.465 e. The molecule has 1 N–H and O–H groups in total. The molecule has 0 bridgehead atoms. The van der Waals surface area contributed by atoms with Gasteiger partial charge < -0.3 is 14.5 Å². The van der Waals surface area contributed by atoms with Gasteiger partial charge in [-0.15, -0.1) is 5.10 Å². The number of aromatic amines is 1. The number of methoxy groups -OCH3 is 1. The van der Waals surface area contributed by atoms with Crippen LogP contribution in [0.3, 0.4) is 0 Å². The van der Waals surface area contributed by atoms with Crippen LogP contribution in [-0.2, 0) is 9.47 Å². The lowest BCUT2D eigenvalue weighted by molar-refractivity contribution is 0.0316. The second kappa shape index (κ2) is 8.05. The van der Waals surface area contributed by atoms with Crippen LogP contribution in [0.1, 0.15) is 49.4 Å². The van der Waals surface area contributed by atoms with Crippen molar-refractivity contribution in [3.63, 3.8) is 0 Å². The molecule has 3 aromatic rings. The van der Waals surface area contributed by atoms with Gasteiger partial charge in [-0.1, -0.05) is 0 Å². The van der Waals surface area contributed by atoms with Crippen LogP contribution in [0.4, 0.5) is 0 Å². The first-order chi connectivity index (χ1) is 13.8. The minimum atomic E-state index is -1.05. The molecule has 2 aromatic heterocycles. The molecule has 0 aliphatic carbocycles. The molecule has 10 nitrogen and oxygen atoms in total. The molecule has 0 fully saturated rings. The maximum Gasteiger partial charge on any atom is 0.339 e. The van der Waals surface area contributed by atoms with Crippen molar-refractivity contribution < 1.29 is 23.9 Å². The number of carbonyl (C=O) groups is 3. The molecule has 10 heteroatoms. The molecule has 3 rings (SSSR count). The highest BCUT2D eigenvalue weighted by Crippen LogP contribution is 2.21. The lowest BCUT2D eigenvalue weighted by Gasteiger charge is -2.12. The molecule has 2 heterocycles. The van der Waals surface area contributed by atoms with E-state index in [0.29, 0.717) is 22.5 Å². The van der Waals surface area contributed by atoms with E-state index in [2.05, 4.69) is 20.5 Å². The lowest BCUT2D eigenvalue weighted by atomic mass is 10.1. The van der Waals surface area contributed by atoms with Gasteiger partial charge in [-0.2, -0.15) is 0 Å². The number of aryl methyl sites for hydroxylation is 1. The molecule has 0 amide bonds. The van der Waals surface area contributed by atoms with Gasteiger partial charge in [0, 0.05) is 5.69 Å². The number of ketones is 1. The van der Waals surface area contributed by atoms with Crippen LogP contribution in [0.25, 0.3) is 5.69 Å². The number of hydrogen-bond donors (Lipinski definition) is 1. The van der Waals surface area contributed by atoms with Crippen molar-refractivity contribution in [1.82, 2.24) is 25.2 Å². The maximum atomic E-state index is 12.7. The van der Waals surface area contributed by atoms with E-state index in [1.165, 1.54) is 25.0 Å². The molecule has 0 radical (unpaired) electrons. The minimum absolute atomic E-state index is 0.206. The zero-order chi connectivity index (χ0) is 21.1. The zero-order valence-electron chi connectivity index (χ0n) is 16.3. The summed E-state index contributed by atoms with van der Waals surface area (Å²) in [6.45, 7) is 4.78. The monoisotopic (exact) mass is 397 g/mol. The average Bonchev–Trinajstić information content (AvgIpc) is 3.35. The summed E-state index contributed by atoms with van der Waals surface area (Å²) in [6.07, 6.45) is 0.376. The number of tetrazole rings is 1. The highest BCUT2D eigenvalue weighted by molar-refractivity contribution is 6.04. The standard InChI is InChI=1S/C19H19N5O5/c1-10-15(19(27)28-4)11(2)21-16(10)17(25)12(3)29-18(26)13-5-7-14(8-6-13)24-9-20-22-23-24/h5-9,12,21H,1-4H3/t12-/m0/s1. The summed E-state index contributed by atoms with van der Waals surface area (Å²) in [4.78, 5) is 39.9. The normalized spacial score (nSPS) is 11.7. The van der Waals surface area contributed by atoms with Crippen LogP contribution in [0.5, 0.6) is 0 Å². The van der Waals surface area contributed by atoms with E-state index in [0.717, 1.165) is 0 Å². The Morgan fingerprint density at radius 2 is 1.79 bits per heavy atom. The first-order valence-electron chi connectivity index (χ1n) is 8.69. The number of benzene rings is 1. The van der Waals surface area contributed by atoms with Gasteiger partial charge in [0.05, 0.1) is 29.6 Å². The first kappa shape index (κ1) is 19.9. The Morgan fingerprint density at radius 1 is 1.10 bits per heavy atom. The Hall–Kier alpha value is -3.82. The summed E-state index contributed by atoms with van der Waals surface area (Å²) >= 11 is 0. The number of nitrogens with one attached hydrogen (secondary N) is 1. The summed E-state index contributed by atoms with van der Waals surface area (Å²) in [5.74, 6) is -1.63. The van der Waals surface area contributed by atoms with Crippen LogP contribution in [0.15, 0.2) is 30.6 Å². The number of rotatable bonds is 6. The van der Waals surface area contributed by atoms with Crippen molar-refractivity contribution in [2.45, 2.75) is 26.9 Å². The highest BCUT2D eigenvalue weighted by Gasteiger charge is 2.27. The van der Waals surface area contributed by atoms with Gasteiger partial charge in [0.1, 0.15) is 6.33 Å². The number of hydrogen-bond acceptors (Lipinski definition) is 8. The van der Waals surface area contributed by atoms with Gasteiger partial charge >= 0.3 is 11.9 Å². The quantitative estimate of drug-likeness (QED) is 0.493. The highest BCUT2D eigenvalue weighted by atomic mass is 16.5. The van der Waals surface area contributed by atoms with Gasteiger partial charge in [-0.25, -0.2) is 14.3 Å². The Morgan fingerprint density at radius 3 is 2.38 bits per heavy atom. The fourth-order valence-electron chi connectivity index (χ4n) is 2.92. The zero-order valence-corrected chi connectivity index (χ0v) is 16.3. The van der Waals surface area contributed by atoms with E-state index in [9.17, 15) is 14.4 Å². The number of esters is 2. The third kappa shape index (κ3) is 3.91. The topological polar surface area (TPSA) is 129 Å². The third-order valence-corrected chi connectivity index (χ3v) is 4.44. The fraction of sp³-hybridized carbons (Fsp3) is 0.263. The van der Waals surface area contributed by atoms with Gasteiger partial charge in [0.2, 0.25) is 5.78 Å². The molecular formula is C19H19N5O5. The van der Waals surface area contributed by atoms with Crippen molar-refractivity contribution in [3.05, 3.63) is 58.7 Å². The molecule has 1 atom stereocenters. The largest absolute Gasteiger partial charge is 0.465 e. The Labute approximate surface area is 165 Å². The summed E-state index contributed by atoms with van der Waals surface area (Å²) in [7, 11) is 1.27. The van der Waals surface area contributed by atoms with E-state index >= 15 is 0 Å². The fourth-order valence-corrected chi connectivity index (χ4v) is 2.92. The molecule has 0 spiro atoms. The average molecular weight is 397 g/mol. The first-order valence-corrected chi connectivity index (χ1v) is 8.69. The van der Waals surface area contributed by atoms with Crippen molar-refractivity contribution in [3.8, 4) is 5.69 Å². The van der Waals surface area contributed by atoms with Gasteiger partial charge in [0.15, 0.2) is 6.10 Å². The van der Waals surface area contributed by atoms with E-state index in [-0.39, 0.29) is 11.3 Å². The predicted molar refractivity (Wildman–Crippen MR) is 100.0 cm³/mol. The SMILES string of the molecule is COC(=O)c1c(C)[nH]c(C(=O)[C@H](C)OC(=O)c2ccc(-n3cnnn3)cc2)c1C. The molecule has 29 heavy (non-hydrogen) atoms. The number of aromatic nitrogens is 5. The molecule has 0 aliphatic heterocycles. The molecule has 0 saturated heterocycles. The molecular weight excluding hydrogens is 378 g/mol. The number of ether oxygens (including phenoxy) is 2. The van der Waals surface area contributed by atoms with E-state index < -0.39 is 23.8 Å². The van der Waals surface area contributed by atoms with Gasteiger partial charge in [-0.3, -0.25) is 4.79 Å². The second-order valence-electron chi connectivity index (χ2n) is 6.33. The van der Waals surface area contributed by atoms with Crippen LogP contribution in [0, 0.1) is 13.8 Å². The van der Waals surface area contributed by atoms with Crippen molar-refractivity contribution in [2.75, 3.05) is 7.11 Å². The molecule has 1 aromatic carbocycles. The third-order valence-electron chi connectivity index (χ3n) is 4.44. The van der Waals surface area contributed by atoms with E-state index in [1.807, 2.05) is 0 Å². The van der Waals surface area contributed by atoms with Crippen molar-refractivity contribution in [1.29, 1.82) is 0 Å². The number of Topliss-reactive ketones (excluding diaryl/α,β-unsaturated/α-hetero) is 1. The summed E-state index contributed by atoms with van der Waals surface area (Å²) < 4.78 is 11.5. The number of H-pyrrole nitrogens is 1. The van der Waals surface area contributed by atoms with Crippen LogP contribution in [0.2, 0.25) is 0 Å². The Balaban J connectivity index is 1.73. The summed E-state index contributed by atoms with van der Waals surface area (Å²) in [5.41, 5.74) is 2.41.